The highest BCUT2D eigenvalue weighted by Gasteiger charge is 2.20. The molecule has 0 spiro atoms. The van der Waals surface area contributed by atoms with Crippen molar-refractivity contribution < 1.29 is 19.1 Å². The lowest BCUT2D eigenvalue weighted by Crippen LogP contribution is -2.35. The zero-order valence-electron chi connectivity index (χ0n) is 16.7. The van der Waals surface area contributed by atoms with Crippen LogP contribution < -0.4 is 5.32 Å². The zero-order chi connectivity index (χ0) is 21.5. The standard InChI is InChI=1S/C23H23ClN2O4/c1-30-23(29)17-8-5-16(6-9-17)7-12-21(27)25-18-10-11-19(20(24)15-18)22(28)26-13-3-2-4-14-26/h5-12,15H,2-4,13-14H2,1H3,(H,25,27). The summed E-state index contributed by atoms with van der Waals surface area (Å²) in [4.78, 5) is 38.1. The van der Waals surface area contributed by atoms with Gasteiger partial charge in [0, 0.05) is 24.9 Å². The Bertz CT molecular complexity index is 964. The van der Waals surface area contributed by atoms with Crippen molar-refractivity contribution in [2.75, 3.05) is 25.5 Å². The Labute approximate surface area is 180 Å². The Kier molecular flexibility index (Phi) is 7.25. The van der Waals surface area contributed by atoms with Gasteiger partial charge in [-0.2, -0.15) is 0 Å². The fourth-order valence-electron chi connectivity index (χ4n) is 3.24. The van der Waals surface area contributed by atoms with E-state index < -0.39 is 5.97 Å². The number of nitrogens with zero attached hydrogens (tertiary/aromatic N) is 1. The second kappa shape index (κ2) is 10.1. The molecule has 2 aromatic carbocycles. The van der Waals surface area contributed by atoms with Crippen LogP contribution in [0, 0.1) is 0 Å². The van der Waals surface area contributed by atoms with Gasteiger partial charge in [0.2, 0.25) is 5.91 Å². The number of carbonyl (C=O) groups is 3. The Morgan fingerprint density at radius 3 is 2.37 bits per heavy atom. The van der Waals surface area contributed by atoms with E-state index in [1.807, 2.05) is 4.90 Å². The summed E-state index contributed by atoms with van der Waals surface area (Å²) >= 11 is 6.30. The molecule has 7 heteroatoms. The number of rotatable bonds is 5. The number of hydrogen-bond acceptors (Lipinski definition) is 4. The van der Waals surface area contributed by atoms with Crippen LogP contribution in [0.25, 0.3) is 6.08 Å². The van der Waals surface area contributed by atoms with Crippen LogP contribution in [-0.4, -0.2) is 42.9 Å². The number of anilines is 1. The van der Waals surface area contributed by atoms with Gasteiger partial charge >= 0.3 is 5.97 Å². The quantitative estimate of drug-likeness (QED) is 0.567. The Morgan fingerprint density at radius 1 is 1.03 bits per heavy atom. The summed E-state index contributed by atoms with van der Waals surface area (Å²) in [5, 5.41) is 3.04. The summed E-state index contributed by atoms with van der Waals surface area (Å²) < 4.78 is 4.65. The number of carbonyl (C=O) groups excluding carboxylic acids is 3. The summed E-state index contributed by atoms with van der Waals surface area (Å²) in [7, 11) is 1.32. The number of benzene rings is 2. The molecule has 2 aromatic rings. The molecule has 0 radical (unpaired) electrons. The first kappa shape index (κ1) is 21.6. The van der Waals surface area contributed by atoms with Gasteiger partial charge in [0.25, 0.3) is 5.91 Å². The number of halogens is 1. The molecular weight excluding hydrogens is 404 g/mol. The highest BCUT2D eigenvalue weighted by atomic mass is 35.5. The topological polar surface area (TPSA) is 75.7 Å². The van der Waals surface area contributed by atoms with E-state index in [4.69, 9.17) is 11.6 Å². The van der Waals surface area contributed by atoms with E-state index >= 15 is 0 Å². The first-order valence-electron chi connectivity index (χ1n) is 9.74. The maximum absolute atomic E-state index is 12.6. The van der Waals surface area contributed by atoms with Crippen LogP contribution in [0.5, 0.6) is 0 Å². The van der Waals surface area contributed by atoms with Crippen LogP contribution in [-0.2, 0) is 9.53 Å². The Morgan fingerprint density at radius 2 is 1.73 bits per heavy atom. The zero-order valence-corrected chi connectivity index (χ0v) is 17.4. The van der Waals surface area contributed by atoms with E-state index in [9.17, 15) is 14.4 Å². The average Bonchev–Trinajstić information content (AvgIpc) is 2.78. The number of amides is 2. The smallest absolute Gasteiger partial charge is 0.337 e. The van der Waals surface area contributed by atoms with Gasteiger partial charge in [-0.1, -0.05) is 23.7 Å². The van der Waals surface area contributed by atoms with Gasteiger partial charge in [0.15, 0.2) is 0 Å². The summed E-state index contributed by atoms with van der Waals surface area (Å²) in [5.41, 5.74) is 2.15. The lowest BCUT2D eigenvalue weighted by atomic mass is 10.1. The second-order valence-electron chi connectivity index (χ2n) is 6.98. The van der Waals surface area contributed by atoms with Gasteiger partial charge in [-0.05, 0) is 61.2 Å². The summed E-state index contributed by atoms with van der Waals surface area (Å²) in [6, 6.07) is 11.6. The number of ether oxygens (including phenoxy) is 1. The van der Waals surface area contributed by atoms with Crippen molar-refractivity contribution in [3.8, 4) is 0 Å². The molecule has 0 unspecified atom stereocenters. The van der Waals surface area contributed by atoms with Gasteiger partial charge in [-0.3, -0.25) is 9.59 Å². The Hall–Kier alpha value is -3.12. The normalized spacial score (nSPS) is 13.9. The van der Waals surface area contributed by atoms with E-state index in [1.54, 1.807) is 48.5 Å². The van der Waals surface area contributed by atoms with E-state index in [-0.39, 0.29) is 11.8 Å². The fraction of sp³-hybridized carbons (Fsp3) is 0.261. The molecule has 1 aliphatic heterocycles. The highest BCUT2D eigenvalue weighted by molar-refractivity contribution is 6.34. The molecule has 3 rings (SSSR count). The number of esters is 1. The predicted octanol–water partition coefficient (Wildman–Crippen LogP) is 4.40. The number of hydrogen-bond donors (Lipinski definition) is 1. The maximum Gasteiger partial charge on any atom is 0.337 e. The molecular formula is C23H23ClN2O4. The van der Waals surface area contributed by atoms with Crippen molar-refractivity contribution >= 4 is 41.1 Å². The third-order valence-corrected chi connectivity index (χ3v) is 5.18. The van der Waals surface area contributed by atoms with Crippen LogP contribution >= 0.6 is 11.6 Å². The third kappa shape index (κ3) is 5.48. The molecule has 2 amide bonds. The van der Waals surface area contributed by atoms with Crippen molar-refractivity contribution in [3.05, 3.63) is 70.3 Å². The lowest BCUT2D eigenvalue weighted by molar-refractivity contribution is -0.111. The largest absolute Gasteiger partial charge is 0.465 e. The molecule has 1 saturated heterocycles. The molecule has 156 valence electrons. The van der Waals surface area contributed by atoms with Crippen LogP contribution in [0.3, 0.4) is 0 Å². The van der Waals surface area contributed by atoms with Crippen LogP contribution in [0.15, 0.2) is 48.5 Å². The molecule has 0 aromatic heterocycles. The molecule has 6 nitrogen and oxygen atoms in total. The molecule has 1 aliphatic rings. The van der Waals surface area contributed by atoms with Gasteiger partial charge in [0.05, 0.1) is 23.3 Å². The molecule has 1 N–H and O–H groups in total. The van der Waals surface area contributed by atoms with E-state index in [0.717, 1.165) is 37.9 Å². The van der Waals surface area contributed by atoms with Crippen molar-refractivity contribution in [2.24, 2.45) is 0 Å². The molecule has 1 heterocycles. The number of piperidine rings is 1. The molecule has 0 aliphatic carbocycles. The van der Waals surface area contributed by atoms with Gasteiger partial charge < -0.3 is 15.0 Å². The molecule has 30 heavy (non-hydrogen) atoms. The van der Waals surface area contributed by atoms with Crippen LogP contribution in [0.1, 0.15) is 45.5 Å². The fourth-order valence-corrected chi connectivity index (χ4v) is 3.50. The van der Waals surface area contributed by atoms with Gasteiger partial charge in [-0.15, -0.1) is 0 Å². The van der Waals surface area contributed by atoms with Crippen LogP contribution in [0.4, 0.5) is 5.69 Å². The van der Waals surface area contributed by atoms with Crippen molar-refractivity contribution in [3.63, 3.8) is 0 Å². The van der Waals surface area contributed by atoms with Crippen molar-refractivity contribution in [2.45, 2.75) is 19.3 Å². The second-order valence-corrected chi connectivity index (χ2v) is 7.39. The lowest BCUT2D eigenvalue weighted by Gasteiger charge is -2.27. The average molecular weight is 427 g/mol. The number of methoxy groups -OCH3 is 1. The van der Waals surface area contributed by atoms with Crippen LogP contribution in [0.2, 0.25) is 5.02 Å². The number of nitrogens with one attached hydrogen (secondary N) is 1. The van der Waals surface area contributed by atoms with Crippen molar-refractivity contribution in [1.82, 2.24) is 4.90 Å². The summed E-state index contributed by atoms with van der Waals surface area (Å²) in [5.74, 6) is -0.826. The van der Waals surface area contributed by atoms with E-state index in [2.05, 4.69) is 10.1 Å². The van der Waals surface area contributed by atoms with Crippen molar-refractivity contribution in [1.29, 1.82) is 0 Å². The van der Waals surface area contributed by atoms with E-state index in [1.165, 1.54) is 13.2 Å². The maximum atomic E-state index is 12.6. The minimum Gasteiger partial charge on any atom is -0.465 e. The first-order chi connectivity index (χ1) is 14.5. The monoisotopic (exact) mass is 426 g/mol. The molecule has 0 bridgehead atoms. The SMILES string of the molecule is COC(=O)c1ccc(C=CC(=O)Nc2ccc(C(=O)N3CCCCC3)c(Cl)c2)cc1. The minimum atomic E-state index is -0.414. The molecule has 0 atom stereocenters. The summed E-state index contributed by atoms with van der Waals surface area (Å²) in [6.07, 6.45) is 6.18. The van der Waals surface area contributed by atoms with E-state index in [0.29, 0.717) is 21.8 Å². The first-order valence-corrected chi connectivity index (χ1v) is 10.1. The summed E-state index contributed by atoms with van der Waals surface area (Å²) in [6.45, 7) is 1.50. The predicted molar refractivity (Wildman–Crippen MR) is 117 cm³/mol. The Balaban J connectivity index is 1.61. The molecule has 1 fully saturated rings. The van der Waals surface area contributed by atoms with Gasteiger partial charge in [-0.25, -0.2) is 4.79 Å². The highest BCUT2D eigenvalue weighted by Crippen LogP contribution is 2.24. The number of likely N-dealkylation sites (tertiary alicyclic amines) is 1. The third-order valence-electron chi connectivity index (χ3n) is 4.87. The molecule has 0 saturated carbocycles. The van der Waals surface area contributed by atoms with Gasteiger partial charge in [0.1, 0.15) is 0 Å². The minimum absolute atomic E-state index is 0.0760.